The third-order valence-electron chi connectivity index (χ3n) is 7.10. The molecule has 4 nitrogen and oxygen atoms in total. The van der Waals surface area contributed by atoms with Crippen LogP contribution in [0.5, 0.6) is 0 Å². The number of alkyl halides is 6. The molecule has 0 bridgehead atoms. The van der Waals surface area contributed by atoms with Gasteiger partial charge in [-0.2, -0.15) is 26.3 Å². The third-order valence-corrected chi connectivity index (χ3v) is 7.10. The van der Waals surface area contributed by atoms with Crippen LogP contribution in [0, 0.1) is 11.6 Å². The molecule has 0 radical (unpaired) electrons. The zero-order valence-corrected chi connectivity index (χ0v) is 22.4. The lowest BCUT2D eigenvalue weighted by atomic mass is 9.71. The van der Waals surface area contributed by atoms with E-state index in [1.54, 1.807) is 30.3 Å². The molecule has 0 saturated carbocycles. The Balaban J connectivity index is 1.94. The zero-order chi connectivity index (χ0) is 31.5. The molecule has 0 aliphatic heterocycles. The maximum atomic E-state index is 14.8. The quantitative estimate of drug-likeness (QED) is 0.206. The fourth-order valence-corrected chi connectivity index (χ4v) is 5.01. The molecule has 0 fully saturated rings. The van der Waals surface area contributed by atoms with Crippen molar-refractivity contribution in [2.75, 3.05) is 13.7 Å². The number of pyridine rings is 1. The van der Waals surface area contributed by atoms with Gasteiger partial charge in [0, 0.05) is 19.2 Å². The van der Waals surface area contributed by atoms with Crippen molar-refractivity contribution in [3.05, 3.63) is 137 Å². The first kappa shape index (κ1) is 31.6. The van der Waals surface area contributed by atoms with Gasteiger partial charge < -0.3 is 10.1 Å². The number of hydrogen-bond donors (Lipinski definition) is 1. The summed E-state index contributed by atoms with van der Waals surface area (Å²) < 4.78 is 119. The van der Waals surface area contributed by atoms with E-state index < -0.39 is 58.6 Å². The number of carbonyl (C=O) groups excluding carboxylic acids is 1. The second kappa shape index (κ2) is 12.1. The minimum absolute atomic E-state index is 0.133. The van der Waals surface area contributed by atoms with Gasteiger partial charge in [-0.3, -0.25) is 9.78 Å². The van der Waals surface area contributed by atoms with Crippen molar-refractivity contribution in [3.63, 3.8) is 0 Å². The normalized spacial score (nSPS) is 14.9. The van der Waals surface area contributed by atoms with Crippen LogP contribution in [0.1, 0.15) is 27.9 Å². The molecule has 1 amide bonds. The van der Waals surface area contributed by atoms with E-state index in [0.29, 0.717) is 18.7 Å². The number of halogens is 8. The van der Waals surface area contributed by atoms with Crippen LogP contribution in [0.2, 0.25) is 0 Å². The van der Waals surface area contributed by atoms with Gasteiger partial charge in [-0.1, -0.05) is 60.7 Å². The van der Waals surface area contributed by atoms with E-state index in [9.17, 15) is 39.9 Å². The molecule has 1 N–H and O–H groups in total. The van der Waals surface area contributed by atoms with Crippen LogP contribution in [-0.2, 0) is 33.1 Å². The van der Waals surface area contributed by atoms with Crippen LogP contribution in [0.15, 0.2) is 97.2 Å². The monoisotopic (exact) mass is 608 g/mol. The fourth-order valence-electron chi connectivity index (χ4n) is 5.01. The van der Waals surface area contributed by atoms with Gasteiger partial charge in [0.15, 0.2) is 0 Å². The fraction of sp³-hybridized carbons (Fsp3) is 0.226. The van der Waals surface area contributed by atoms with Gasteiger partial charge in [0.25, 0.3) is 11.5 Å². The summed E-state index contributed by atoms with van der Waals surface area (Å²) in [6.07, 6.45) is -9.79. The maximum Gasteiger partial charge on any atom is 0.430 e. The van der Waals surface area contributed by atoms with Gasteiger partial charge in [-0.15, -0.1) is 0 Å². The number of nitrogens with zero attached hydrogens (tertiary/aromatic N) is 1. The smallest absolute Gasteiger partial charge is 0.356 e. The van der Waals surface area contributed by atoms with Crippen molar-refractivity contribution >= 4 is 5.91 Å². The van der Waals surface area contributed by atoms with Gasteiger partial charge in [-0.05, 0) is 47.9 Å². The Morgan fingerprint density at radius 2 is 1.37 bits per heavy atom. The molecule has 3 aromatic carbocycles. The highest BCUT2D eigenvalue weighted by Crippen LogP contribution is 2.43. The summed E-state index contributed by atoms with van der Waals surface area (Å²) in [5.41, 5.74) is -7.40. The number of carbonyl (C=O) groups is 1. The molecule has 0 aliphatic rings. The largest absolute Gasteiger partial charge is 0.430 e. The molecule has 2 atom stereocenters. The van der Waals surface area contributed by atoms with Crippen LogP contribution in [0.25, 0.3) is 0 Å². The molecular formula is C31H24F8N2O2. The Bertz CT molecular complexity index is 1540. The van der Waals surface area contributed by atoms with Crippen LogP contribution in [-0.4, -0.2) is 30.7 Å². The van der Waals surface area contributed by atoms with Crippen LogP contribution in [0.3, 0.4) is 0 Å². The number of methoxy groups -OCH3 is 1. The summed E-state index contributed by atoms with van der Waals surface area (Å²) in [5, 5.41) is 2.21. The minimum Gasteiger partial charge on any atom is -0.356 e. The summed E-state index contributed by atoms with van der Waals surface area (Å²) in [6.45, 7) is -0.811. The number of rotatable bonds is 9. The van der Waals surface area contributed by atoms with Crippen LogP contribution < -0.4 is 5.32 Å². The Kier molecular flexibility index (Phi) is 8.91. The maximum absolute atomic E-state index is 14.8. The highest BCUT2D eigenvalue weighted by Gasteiger charge is 2.62. The first-order valence-corrected chi connectivity index (χ1v) is 12.7. The average molecular weight is 609 g/mol. The van der Waals surface area contributed by atoms with E-state index in [-0.39, 0.29) is 23.7 Å². The summed E-state index contributed by atoms with van der Waals surface area (Å²) in [7, 11) is 0.695. The number of ether oxygens (including phenoxy) is 1. The van der Waals surface area contributed by atoms with Gasteiger partial charge >= 0.3 is 12.4 Å². The van der Waals surface area contributed by atoms with E-state index in [1.165, 1.54) is 18.2 Å². The third kappa shape index (κ3) is 6.38. The van der Waals surface area contributed by atoms with E-state index in [4.69, 9.17) is 4.74 Å². The highest BCUT2D eigenvalue weighted by atomic mass is 19.4. The molecule has 43 heavy (non-hydrogen) atoms. The van der Waals surface area contributed by atoms with Gasteiger partial charge in [0.05, 0.1) is 22.9 Å². The van der Waals surface area contributed by atoms with E-state index in [0.717, 1.165) is 36.5 Å². The number of nitrogens with one attached hydrogen (secondary N) is 1. The van der Waals surface area contributed by atoms with Gasteiger partial charge in [-0.25, -0.2) is 8.78 Å². The molecule has 226 valence electrons. The number of hydrogen-bond acceptors (Lipinski definition) is 3. The van der Waals surface area contributed by atoms with Gasteiger partial charge in [0.1, 0.15) is 11.6 Å². The second-order valence-electron chi connectivity index (χ2n) is 9.76. The zero-order valence-electron chi connectivity index (χ0n) is 22.4. The first-order chi connectivity index (χ1) is 20.2. The predicted molar refractivity (Wildman–Crippen MR) is 141 cm³/mol. The SMILES string of the molecule is CO[C@](C(=O)NC[C@](Cc1ccccc1)(c1cc(F)cc(C(F)(F)F)c1)c1ccc(F)cn1)(c1ccccc1)C(F)(F)F. The average Bonchev–Trinajstić information content (AvgIpc) is 2.96. The van der Waals surface area contributed by atoms with Crippen LogP contribution in [0.4, 0.5) is 35.1 Å². The van der Waals surface area contributed by atoms with Crippen molar-refractivity contribution in [1.82, 2.24) is 10.3 Å². The Labute approximate surface area is 241 Å². The molecular weight excluding hydrogens is 584 g/mol. The minimum atomic E-state index is -5.29. The lowest BCUT2D eigenvalue weighted by Gasteiger charge is -2.38. The molecule has 0 saturated heterocycles. The first-order valence-electron chi connectivity index (χ1n) is 12.7. The summed E-state index contributed by atoms with van der Waals surface area (Å²) >= 11 is 0. The highest BCUT2D eigenvalue weighted by molar-refractivity contribution is 5.88. The predicted octanol–water partition coefficient (Wildman–Crippen LogP) is 7.13. The number of aromatic nitrogens is 1. The summed E-state index contributed by atoms with van der Waals surface area (Å²) in [6, 6.07) is 17.9. The van der Waals surface area contributed by atoms with Crippen LogP contribution >= 0.6 is 0 Å². The van der Waals surface area contributed by atoms with Crippen molar-refractivity contribution in [3.8, 4) is 0 Å². The Morgan fingerprint density at radius 1 is 0.767 bits per heavy atom. The molecule has 1 heterocycles. The van der Waals surface area contributed by atoms with Crippen molar-refractivity contribution < 1.29 is 44.7 Å². The van der Waals surface area contributed by atoms with Gasteiger partial charge in [0.2, 0.25) is 0 Å². The standard InChI is InChI=1S/C31H24F8N2O2/c1-43-29(31(37,38)39,21-10-6-3-7-11-21)27(42)41-19-28(17-20-8-4-2-5-9-20,26-13-12-24(32)18-40-26)22-14-23(30(34,35)36)16-25(33)15-22/h2-16,18H,17,19H2,1H3,(H,41,42)/t28-,29+/m1/s1. The molecule has 0 aliphatic carbocycles. The molecule has 4 aromatic rings. The Hall–Kier alpha value is -4.32. The van der Waals surface area contributed by atoms with Crippen molar-refractivity contribution in [2.24, 2.45) is 0 Å². The Morgan fingerprint density at radius 3 is 1.91 bits per heavy atom. The molecule has 1 aromatic heterocycles. The van der Waals surface area contributed by atoms with Crippen molar-refractivity contribution in [2.45, 2.75) is 29.8 Å². The van der Waals surface area contributed by atoms with E-state index in [1.807, 2.05) is 0 Å². The lowest BCUT2D eigenvalue weighted by Crippen LogP contribution is -2.58. The molecule has 0 unspecified atom stereocenters. The molecule has 0 spiro atoms. The van der Waals surface area contributed by atoms with E-state index >= 15 is 0 Å². The number of benzene rings is 3. The lowest BCUT2D eigenvalue weighted by molar-refractivity contribution is -0.265. The molecule has 4 rings (SSSR count). The van der Waals surface area contributed by atoms with Crippen molar-refractivity contribution in [1.29, 1.82) is 0 Å². The summed E-state index contributed by atoms with van der Waals surface area (Å²) in [5.74, 6) is -3.78. The summed E-state index contributed by atoms with van der Waals surface area (Å²) in [4.78, 5) is 17.6. The topological polar surface area (TPSA) is 51.2 Å². The second-order valence-corrected chi connectivity index (χ2v) is 9.76. The molecule has 12 heteroatoms. The van der Waals surface area contributed by atoms with E-state index in [2.05, 4.69) is 10.3 Å². The number of amides is 1.